The third-order valence-corrected chi connectivity index (χ3v) is 3.75. The molecule has 0 aliphatic carbocycles. The molecule has 0 atom stereocenters. The number of hydrogen-bond donors (Lipinski definition) is 2. The maximum atomic E-state index is 8.82. The minimum atomic E-state index is 0.165. The van der Waals surface area contributed by atoms with E-state index < -0.39 is 0 Å². The molecule has 0 amide bonds. The molecule has 2 N–H and O–H groups in total. The highest BCUT2D eigenvalue weighted by atomic mass is 16.5. The molecule has 0 unspecified atom stereocenters. The van der Waals surface area contributed by atoms with Gasteiger partial charge in [0.05, 0.1) is 13.7 Å². The summed E-state index contributed by atoms with van der Waals surface area (Å²) in [7, 11) is 1.72. The molecular weight excluding hydrogens is 240 g/mol. The van der Waals surface area contributed by atoms with Gasteiger partial charge in [-0.15, -0.1) is 0 Å². The molecule has 0 saturated carbocycles. The number of methoxy groups -OCH3 is 1. The largest absolute Gasteiger partial charge is 0.496 e. The second-order valence-electron chi connectivity index (χ2n) is 4.95. The molecule has 1 aromatic carbocycles. The lowest BCUT2D eigenvalue weighted by Gasteiger charge is -2.28. The van der Waals surface area contributed by atoms with Gasteiger partial charge in [0.25, 0.3) is 0 Å². The van der Waals surface area contributed by atoms with Crippen LogP contribution in [0.2, 0.25) is 0 Å². The van der Waals surface area contributed by atoms with Crippen molar-refractivity contribution in [3.05, 3.63) is 28.8 Å². The number of rotatable bonds is 6. The molecule has 1 aliphatic heterocycles. The summed E-state index contributed by atoms with van der Waals surface area (Å²) in [4.78, 5) is 2.45. The van der Waals surface area contributed by atoms with Crippen molar-refractivity contribution < 1.29 is 9.84 Å². The molecule has 1 heterocycles. The van der Waals surface area contributed by atoms with Crippen molar-refractivity contribution in [3.63, 3.8) is 0 Å². The van der Waals surface area contributed by atoms with Crippen molar-refractivity contribution >= 4 is 0 Å². The SMILES string of the molecule is CCN1CCc2cc(CNCCO)c(OC)cc2C1. The van der Waals surface area contributed by atoms with E-state index >= 15 is 0 Å². The predicted molar refractivity (Wildman–Crippen MR) is 76.4 cm³/mol. The number of likely N-dealkylation sites (N-methyl/N-ethyl adjacent to an activating group) is 1. The summed E-state index contributed by atoms with van der Waals surface area (Å²) in [6, 6.07) is 4.43. The van der Waals surface area contributed by atoms with Gasteiger partial charge in [-0.05, 0) is 30.2 Å². The van der Waals surface area contributed by atoms with Gasteiger partial charge in [0.2, 0.25) is 0 Å². The monoisotopic (exact) mass is 264 g/mol. The maximum Gasteiger partial charge on any atom is 0.123 e. The van der Waals surface area contributed by atoms with E-state index in [4.69, 9.17) is 9.84 Å². The fourth-order valence-electron chi connectivity index (χ4n) is 2.60. The zero-order valence-electron chi connectivity index (χ0n) is 11.9. The number of hydrogen-bond acceptors (Lipinski definition) is 4. The molecule has 1 aliphatic rings. The average molecular weight is 264 g/mol. The van der Waals surface area contributed by atoms with Gasteiger partial charge in [-0.2, -0.15) is 0 Å². The molecular formula is C15H24N2O2. The Morgan fingerprint density at radius 2 is 2.21 bits per heavy atom. The molecule has 0 saturated heterocycles. The number of aliphatic hydroxyl groups excluding tert-OH is 1. The molecule has 0 aromatic heterocycles. The minimum Gasteiger partial charge on any atom is -0.496 e. The zero-order valence-corrected chi connectivity index (χ0v) is 11.9. The predicted octanol–water partition coefficient (Wildman–Crippen LogP) is 1.16. The summed E-state index contributed by atoms with van der Waals surface area (Å²) in [5.41, 5.74) is 4.00. The normalized spacial score (nSPS) is 15.3. The Morgan fingerprint density at radius 1 is 1.37 bits per heavy atom. The van der Waals surface area contributed by atoms with Crippen molar-refractivity contribution in [2.45, 2.75) is 26.4 Å². The Labute approximate surface area is 115 Å². The minimum absolute atomic E-state index is 0.165. The van der Waals surface area contributed by atoms with Crippen LogP contribution in [0.3, 0.4) is 0 Å². The smallest absolute Gasteiger partial charge is 0.123 e. The Kier molecular flexibility index (Phi) is 5.19. The van der Waals surface area contributed by atoms with Crippen LogP contribution in [0.15, 0.2) is 12.1 Å². The van der Waals surface area contributed by atoms with Gasteiger partial charge < -0.3 is 15.2 Å². The van der Waals surface area contributed by atoms with Gasteiger partial charge >= 0.3 is 0 Å². The van der Waals surface area contributed by atoms with E-state index in [2.05, 4.69) is 29.3 Å². The first-order valence-electron chi connectivity index (χ1n) is 7.01. The van der Waals surface area contributed by atoms with Crippen LogP contribution < -0.4 is 10.1 Å². The Morgan fingerprint density at radius 3 is 2.89 bits per heavy atom. The van der Waals surface area contributed by atoms with Crippen LogP contribution in [0, 0.1) is 0 Å². The first-order chi connectivity index (χ1) is 9.28. The van der Waals surface area contributed by atoms with Gasteiger partial charge in [-0.1, -0.05) is 13.0 Å². The van der Waals surface area contributed by atoms with Gasteiger partial charge in [0, 0.05) is 31.7 Å². The highest BCUT2D eigenvalue weighted by Crippen LogP contribution is 2.27. The summed E-state index contributed by atoms with van der Waals surface area (Å²) in [5.74, 6) is 0.946. The van der Waals surface area contributed by atoms with E-state index in [9.17, 15) is 0 Å². The van der Waals surface area contributed by atoms with E-state index in [0.29, 0.717) is 6.54 Å². The number of nitrogens with one attached hydrogen (secondary N) is 1. The number of fused-ring (bicyclic) bond motifs is 1. The molecule has 4 heteroatoms. The molecule has 106 valence electrons. The standard InChI is InChI=1S/C15H24N2O2/c1-3-17-6-4-12-8-13(10-16-5-7-18)15(19-2)9-14(12)11-17/h8-9,16,18H,3-7,10-11H2,1-2H3. The topological polar surface area (TPSA) is 44.7 Å². The third-order valence-electron chi connectivity index (χ3n) is 3.75. The lowest BCUT2D eigenvalue weighted by Crippen LogP contribution is -2.30. The number of benzene rings is 1. The summed E-state index contributed by atoms with van der Waals surface area (Å²) < 4.78 is 5.49. The van der Waals surface area contributed by atoms with E-state index in [0.717, 1.165) is 38.3 Å². The third kappa shape index (κ3) is 3.47. The summed E-state index contributed by atoms with van der Waals surface area (Å²) in [6.07, 6.45) is 1.11. The van der Waals surface area contributed by atoms with Crippen LogP contribution in [0.25, 0.3) is 0 Å². The zero-order chi connectivity index (χ0) is 13.7. The molecule has 1 aromatic rings. The number of ether oxygens (including phenoxy) is 1. The van der Waals surface area contributed by atoms with Crippen molar-refractivity contribution in [3.8, 4) is 5.75 Å². The van der Waals surface area contributed by atoms with Gasteiger partial charge in [0.1, 0.15) is 5.75 Å². The van der Waals surface area contributed by atoms with E-state index in [1.165, 1.54) is 16.7 Å². The molecule has 0 bridgehead atoms. The van der Waals surface area contributed by atoms with Crippen LogP contribution in [0.1, 0.15) is 23.6 Å². The highest BCUT2D eigenvalue weighted by Gasteiger charge is 2.17. The van der Waals surface area contributed by atoms with E-state index in [-0.39, 0.29) is 6.61 Å². The van der Waals surface area contributed by atoms with E-state index in [1.807, 2.05) is 0 Å². The maximum absolute atomic E-state index is 8.82. The molecule has 2 rings (SSSR count). The summed E-state index contributed by atoms with van der Waals surface area (Å²) in [5, 5.41) is 12.0. The Hall–Kier alpha value is -1.10. The van der Waals surface area contributed by atoms with Crippen molar-refractivity contribution in [1.82, 2.24) is 10.2 Å². The first kappa shape index (κ1) is 14.3. The molecule has 0 radical (unpaired) electrons. The van der Waals surface area contributed by atoms with Crippen molar-refractivity contribution in [2.24, 2.45) is 0 Å². The van der Waals surface area contributed by atoms with Crippen LogP contribution in [-0.2, 0) is 19.5 Å². The first-order valence-corrected chi connectivity index (χ1v) is 7.01. The lowest BCUT2D eigenvalue weighted by atomic mass is 9.96. The number of nitrogens with zero attached hydrogens (tertiary/aromatic N) is 1. The molecule has 19 heavy (non-hydrogen) atoms. The van der Waals surface area contributed by atoms with Crippen LogP contribution >= 0.6 is 0 Å². The van der Waals surface area contributed by atoms with Gasteiger partial charge in [0.15, 0.2) is 0 Å². The van der Waals surface area contributed by atoms with E-state index in [1.54, 1.807) is 7.11 Å². The van der Waals surface area contributed by atoms with Crippen LogP contribution in [0.5, 0.6) is 5.75 Å². The summed E-state index contributed by atoms with van der Waals surface area (Å²) >= 11 is 0. The fourth-order valence-corrected chi connectivity index (χ4v) is 2.60. The highest BCUT2D eigenvalue weighted by molar-refractivity contribution is 5.43. The lowest BCUT2D eigenvalue weighted by molar-refractivity contribution is 0.267. The van der Waals surface area contributed by atoms with Gasteiger partial charge in [-0.25, -0.2) is 0 Å². The molecule has 0 spiro atoms. The quantitative estimate of drug-likeness (QED) is 0.757. The average Bonchev–Trinajstić information content (AvgIpc) is 2.46. The molecule has 4 nitrogen and oxygen atoms in total. The second-order valence-corrected chi connectivity index (χ2v) is 4.95. The number of aliphatic hydroxyl groups is 1. The van der Waals surface area contributed by atoms with Crippen LogP contribution in [0.4, 0.5) is 0 Å². The van der Waals surface area contributed by atoms with Crippen molar-refractivity contribution in [2.75, 3.05) is 33.4 Å². The fraction of sp³-hybridized carbons (Fsp3) is 0.600. The Balaban J connectivity index is 2.17. The van der Waals surface area contributed by atoms with Crippen LogP contribution in [-0.4, -0.2) is 43.4 Å². The van der Waals surface area contributed by atoms with Crippen molar-refractivity contribution in [1.29, 1.82) is 0 Å². The second kappa shape index (κ2) is 6.89. The Bertz CT molecular complexity index is 421. The summed E-state index contributed by atoms with van der Waals surface area (Å²) in [6.45, 7) is 6.99. The molecule has 0 fully saturated rings. The van der Waals surface area contributed by atoms with Gasteiger partial charge in [-0.3, -0.25) is 4.90 Å².